The van der Waals surface area contributed by atoms with Crippen LogP contribution in [0.1, 0.15) is 31.1 Å². The Morgan fingerprint density at radius 3 is 2.42 bits per heavy atom. The topological polar surface area (TPSA) is 126 Å². The molecule has 0 saturated carbocycles. The maximum atomic E-state index is 13.5. The zero-order chi connectivity index (χ0) is 24.1. The molecule has 2 amide bonds. The van der Waals surface area contributed by atoms with Crippen molar-refractivity contribution < 1.29 is 42.9 Å². The molecule has 0 N–H and O–H groups in total. The number of halogens is 1. The molecule has 11 heteroatoms. The lowest BCUT2D eigenvalue weighted by Crippen LogP contribution is -2.52. The highest BCUT2D eigenvalue weighted by molar-refractivity contribution is 6.34. The van der Waals surface area contributed by atoms with Crippen molar-refractivity contribution in [2.75, 3.05) is 11.5 Å². The van der Waals surface area contributed by atoms with Gasteiger partial charge in [0, 0.05) is 13.8 Å². The number of imide groups is 1. The minimum absolute atomic E-state index is 0.00145. The van der Waals surface area contributed by atoms with Gasteiger partial charge in [-0.15, -0.1) is 0 Å². The molecule has 3 heterocycles. The molecule has 2 fully saturated rings. The van der Waals surface area contributed by atoms with E-state index >= 15 is 0 Å². The Labute approximate surface area is 193 Å². The van der Waals surface area contributed by atoms with Crippen LogP contribution in [0.25, 0.3) is 0 Å². The smallest absolute Gasteiger partial charge is 0.339 e. The number of hydrogen-bond acceptors (Lipinski definition) is 9. The van der Waals surface area contributed by atoms with E-state index in [-0.39, 0.29) is 22.9 Å². The molecule has 33 heavy (non-hydrogen) atoms. The number of carbonyl (C=O) groups excluding carboxylic acids is 5. The van der Waals surface area contributed by atoms with Crippen molar-refractivity contribution in [2.24, 2.45) is 11.8 Å². The number of esters is 3. The first-order valence-electron chi connectivity index (χ1n) is 10.2. The van der Waals surface area contributed by atoms with Crippen molar-refractivity contribution in [3.05, 3.63) is 40.9 Å². The zero-order valence-corrected chi connectivity index (χ0v) is 18.7. The van der Waals surface area contributed by atoms with Crippen molar-refractivity contribution in [1.29, 1.82) is 0 Å². The summed E-state index contributed by atoms with van der Waals surface area (Å²) in [6.07, 6.45) is 0.695. The summed E-state index contributed by atoms with van der Waals surface area (Å²) in [6, 6.07) is 4.12. The molecule has 1 aromatic rings. The Hall–Kier alpha value is -3.24. The first kappa shape index (κ1) is 22.9. The third-order valence-electron chi connectivity index (χ3n) is 5.70. The van der Waals surface area contributed by atoms with Crippen molar-refractivity contribution in [3.63, 3.8) is 0 Å². The molecule has 2 saturated heterocycles. The van der Waals surface area contributed by atoms with E-state index in [4.69, 9.17) is 30.5 Å². The third kappa shape index (κ3) is 3.59. The second kappa shape index (κ2) is 8.27. The molecule has 0 aromatic heterocycles. The second-order valence-corrected chi connectivity index (χ2v) is 8.15. The van der Waals surface area contributed by atoms with Crippen LogP contribution in [0.2, 0.25) is 5.02 Å². The molecule has 174 valence electrons. The maximum absolute atomic E-state index is 13.5. The lowest BCUT2D eigenvalue weighted by Gasteiger charge is -2.34. The molecule has 2 bridgehead atoms. The Balaban J connectivity index is 1.73. The molecule has 10 nitrogen and oxygen atoms in total. The summed E-state index contributed by atoms with van der Waals surface area (Å²) in [6.45, 7) is 3.99. The van der Waals surface area contributed by atoms with Gasteiger partial charge in [0.05, 0.1) is 40.8 Å². The normalized spacial score (nSPS) is 27.2. The first-order chi connectivity index (χ1) is 15.6. The first-order valence-corrected chi connectivity index (χ1v) is 10.5. The van der Waals surface area contributed by atoms with Crippen molar-refractivity contribution >= 4 is 47.0 Å². The fraction of sp³-hybridized carbons (Fsp3) is 0.409. The summed E-state index contributed by atoms with van der Waals surface area (Å²) >= 11 is 6.10. The summed E-state index contributed by atoms with van der Waals surface area (Å²) in [5.74, 6) is -5.49. The Bertz CT molecular complexity index is 1080. The Kier molecular flexibility index (Phi) is 5.75. The van der Waals surface area contributed by atoms with E-state index in [1.165, 1.54) is 24.3 Å². The van der Waals surface area contributed by atoms with Crippen LogP contribution in [0, 0.1) is 11.8 Å². The molecule has 0 spiro atoms. The van der Waals surface area contributed by atoms with Crippen LogP contribution in [0.4, 0.5) is 5.69 Å². The highest BCUT2D eigenvalue weighted by Crippen LogP contribution is 2.54. The third-order valence-corrected chi connectivity index (χ3v) is 6.03. The quantitative estimate of drug-likeness (QED) is 0.261. The average Bonchev–Trinajstić information content (AvgIpc) is 3.39. The van der Waals surface area contributed by atoms with Gasteiger partial charge in [-0.3, -0.25) is 19.2 Å². The molecule has 1 aromatic carbocycles. The molecule has 3 aliphatic rings. The predicted molar refractivity (Wildman–Crippen MR) is 111 cm³/mol. The van der Waals surface area contributed by atoms with Gasteiger partial charge in [-0.25, -0.2) is 9.69 Å². The molecule has 3 aliphatic heterocycles. The molecule has 4 atom stereocenters. The van der Waals surface area contributed by atoms with E-state index in [1.54, 1.807) is 13.0 Å². The highest BCUT2D eigenvalue weighted by Gasteiger charge is 2.72. The fourth-order valence-electron chi connectivity index (χ4n) is 4.49. The van der Waals surface area contributed by atoms with E-state index in [9.17, 15) is 24.0 Å². The minimum Gasteiger partial charge on any atom is -0.462 e. The van der Waals surface area contributed by atoms with Gasteiger partial charge in [-0.05, 0) is 31.2 Å². The number of nitrogens with zero attached hydrogens (tertiary/aromatic N) is 1. The summed E-state index contributed by atoms with van der Waals surface area (Å²) in [7, 11) is 0. The minimum atomic E-state index is -1.66. The monoisotopic (exact) mass is 477 g/mol. The number of benzene rings is 1. The number of rotatable bonds is 6. The van der Waals surface area contributed by atoms with E-state index < -0.39 is 59.6 Å². The van der Waals surface area contributed by atoms with Crippen molar-refractivity contribution in [2.45, 2.75) is 38.8 Å². The van der Waals surface area contributed by atoms with Crippen LogP contribution in [0.15, 0.2) is 30.4 Å². The van der Waals surface area contributed by atoms with Gasteiger partial charge in [0.1, 0.15) is 0 Å². The summed E-state index contributed by atoms with van der Waals surface area (Å²) in [5.41, 5.74) is -1.54. The van der Waals surface area contributed by atoms with Crippen LogP contribution < -0.4 is 4.90 Å². The largest absolute Gasteiger partial charge is 0.462 e. The van der Waals surface area contributed by atoms with Crippen LogP contribution in [0.5, 0.6) is 0 Å². The lowest BCUT2D eigenvalue weighted by atomic mass is 9.76. The summed E-state index contributed by atoms with van der Waals surface area (Å²) < 4.78 is 21.2. The van der Waals surface area contributed by atoms with Crippen LogP contribution in [-0.4, -0.2) is 54.3 Å². The summed E-state index contributed by atoms with van der Waals surface area (Å²) in [5, 5.41) is 0.0998. The van der Waals surface area contributed by atoms with Gasteiger partial charge < -0.3 is 18.9 Å². The van der Waals surface area contributed by atoms with Gasteiger partial charge in [0.15, 0.2) is 5.60 Å². The van der Waals surface area contributed by atoms with Crippen molar-refractivity contribution in [3.8, 4) is 0 Å². The number of hydrogen-bond donors (Lipinski definition) is 0. The molecule has 0 unspecified atom stereocenters. The lowest BCUT2D eigenvalue weighted by molar-refractivity contribution is -0.226. The Morgan fingerprint density at radius 1 is 1.15 bits per heavy atom. The second-order valence-electron chi connectivity index (χ2n) is 7.75. The fourth-order valence-corrected chi connectivity index (χ4v) is 4.68. The number of carbonyl (C=O) groups is 5. The van der Waals surface area contributed by atoms with Crippen LogP contribution in [0.3, 0.4) is 0 Å². The van der Waals surface area contributed by atoms with Crippen molar-refractivity contribution in [1.82, 2.24) is 0 Å². The molecular formula is C22H20ClNO9. The maximum Gasteiger partial charge on any atom is 0.339 e. The zero-order valence-electron chi connectivity index (χ0n) is 17.9. The van der Waals surface area contributed by atoms with E-state index in [2.05, 4.69) is 0 Å². The van der Waals surface area contributed by atoms with Crippen LogP contribution in [-0.2, 0) is 38.1 Å². The van der Waals surface area contributed by atoms with Crippen LogP contribution >= 0.6 is 11.6 Å². The standard InChI is InChI=1S/C22H20ClNO9/c1-4-30-20(29)13-9-12(5-6-14(13)23)24-18(27)16-15-7-8-22(33-15,17(16)19(24)28)21(31-10(2)25)32-11(3)26/h5-9,15-17,21H,4H2,1-3H3/t15-,16+,17+,22-/m1/s1. The molecule has 0 radical (unpaired) electrons. The number of anilines is 1. The van der Waals surface area contributed by atoms with E-state index in [0.29, 0.717) is 0 Å². The van der Waals surface area contributed by atoms with E-state index in [1.807, 2.05) is 0 Å². The average molecular weight is 478 g/mol. The Morgan fingerprint density at radius 2 is 1.82 bits per heavy atom. The SMILES string of the molecule is CCOC(=O)c1cc(N2C(=O)[C@@H]3[C@@H](C2=O)[C@@]2(C(OC(C)=O)OC(C)=O)C=C[C@H]3O2)ccc1Cl. The van der Waals surface area contributed by atoms with E-state index in [0.717, 1.165) is 18.7 Å². The van der Waals surface area contributed by atoms with Gasteiger partial charge in [-0.1, -0.05) is 17.7 Å². The molecule has 0 aliphatic carbocycles. The van der Waals surface area contributed by atoms with Gasteiger partial charge >= 0.3 is 17.9 Å². The molecule has 4 rings (SSSR count). The number of fused-ring (bicyclic) bond motifs is 5. The summed E-state index contributed by atoms with van der Waals surface area (Å²) in [4.78, 5) is 63.3. The number of ether oxygens (including phenoxy) is 4. The van der Waals surface area contributed by atoms with Gasteiger partial charge in [0.2, 0.25) is 11.8 Å². The highest BCUT2D eigenvalue weighted by atomic mass is 35.5. The van der Waals surface area contributed by atoms with Gasteiger partial charge in [0.25, 0.3) is 6.29 Å². The van der Waals surface area contributed by atoms with Gasteiger partial charge in [-0.2, -0.15) is 0 Å². The molecular weight excluding hydrogens is 458 g/mol. The number of amides is 2. The predicted octanol–water partition coefficient (Wildman–Crippen LogP) is 1.78.